The summed E-state index contributed by atoms with van der Waals surface area (Å²) in [5.41, 5.74) is 1.82. The number of anilines is 1. The molecule has 0 aliphatic carbocycles. The van der Waals surface area contributed by atoms with Gasteiger partial charge in [-0.2, -0.15) is 0 Å². The van der Waals surface area contributed by atoms with E-state index in [1.54, 1.807) is 12.1 Å². The number of hydrogen-bond acceptors (Lipinski definition) is 7. The molecule has 3 aromatic rings. The summed E-state index contributed by atoms with van der Waals surface area (Å²) >= 11 is 0. The minimum atomic E-state index is -0.502. The lowest BCUT2D eigenvalue weighted by Crippen LogP contribution is -2.50. The Morgan fingerprint density at radius 2 is 1.72 bits per heavy atom. The van der Waals surface area contributed by atoms with E-state index in [1.807, 2.05) is 29.2 Å². The van der Waals surface area contributed by atoms with E-state index in [9.17, 15) is 19.3 Å². The highest BCUT2D eigenvalue weighted by molar-refractivity contribution is 5.94. The maximum atomic E-state index is 14.3. The first kappa shape index (κ1) is 23.6. The monoisotopic (exact) mass is 492 g/mol. The zero-order chi connectivity index (χ0) is 25.1. The summed E-state index contributed by atoms with van der Waals surface area (Å²) in [5, 5.41) is 13.9. The Hall–Kier alpha value is -4.18. The third-order valence-electron chi connectivity index (χ3n) is 6.53. The molecule has 0 saturated carbocycles. The zero-order valence-electron chi connectivity index (χ0n) is 19.4. The number of fused-ring (bicyclic) bond motifs is 1. The largest absolute Gasteiger partial charge is 0.454 e. The quantitative estimate of drug-likeness (QED) is 0.396. The van der Waals surface area contributed by atoms with Crippen LogP contribution in [-0.2, 0) is 0 Å². The van der Waals surface area contributed by atoms with Crippen LogP contribution in [0.5, 0.6) is 11.5 Å². The number of rotatable bonds is 7. The van der Waals surface area contributed by atoms with Gasteiger partial charge in [0.15, 0.2) is 11.5 Å². The van der Waals surface area contributed by atoms with Crippen molar-refractivity contribution in [2.75, 3.05) is 44.4 Å². The van der Waals surface area contributed by atoms with Gasteiger partial charge in [-0.25, -0.2) is 4.39 Å². The molecule has 0 spiro atoms. The number of carbonyl (C=O) groups is 1. The van der Waals surface area contributed by atoms with Crippen molar-refractivity contribution in [2.45, 2.75) is 6.04 Å². The molecule has 5 rings (SSSR count). The molecular weight excluding hydrogens is 467 g/mol. The number of halogens is 1. The molecule has 0 bridgehead atoms. The van der Waals surface area contributed by atoms with Crippen LogP contribution in [0.25, 0.3) is 0 Å². The maximum Gasteiger partial charge on any atom is 0.269 e. The van der Waals surface area contributed by atoms with Crippen molar-refractivity contribution in [3.8, 4) is 11.5 Å². The van der Waals surface area contributed by atoms with Gasteiger partial charge in [0.1, 0.15) is 5.82 Å². The van der Waals surface area contributed by atoms with Crippen LogP contribution in [-0.4, -0.2) is 55.2 Å². The number of amides is 1. The first-order valence-corrected chi connectivity index (χ1v) is 11.7. The van der Waals surface area contributed by atoms with E-state index in [2.05, 4.69) is 10.2 Å². The number of benzene rings is 3. The summed E-state index contributed by atoms with van der Waals surface area (Å²) in [6.45, 7) is 3.09. The number of carbonyl (C=O) groups excluding carboxylic acids is 1. The van der Waals surface area contributed by atoms with E-state index in [-0.39, 0.29) is 30.2 Å². The first-order chi connectivity index (χ1) is 17.5. The third-order valence-corrected chi connectivity index (χ3v) is 6.53. The SMILES string of the molecule is O=C(NC[C@@H](c1ccc2c(c1)OCO2)N1CCN(c2ccccc2F)CC1)c1ccc([N+](=O)[O-])cc1. The molecule has 0 radical (unpaired) electrons. The van der Waals surface area contributed by atoms with Gasteiger partial charge in [-0.3, -0.25) is 19.8 Å². The van der Waals surface area contributed by atoms with Gasteiger partial charge in [0, 0.05) is 50.4 Å². The Labute approximate surface area is 207 Å². The predicted octanol–water partition coefficient (Wildman–Crippen LogP) is 3.76. The van der Waals surface area contributed by atoms with Gasteiger partial charge >= 0.3 is 0 Å². The topological polar surface area (TPSA) is 97.2 Å². The molecule has 1 fully saturated rings. The molecule has 1 amide bonds. The molecule has 2 aliphatic heterocycles. The van der Waals surface area contributed by atoms with Gasteiger partial charge in [0.05, 0.1) is 16.7 Å². The number of nitrogens with zero attached hydrogens (tertiary/aromatic N) is 3. The van der Waals surface area contributed by atoms with Crippen LogP contribution in [0.4, 0.5) is 15.8 Å². The summed E-state index contributed by atoms with van der Waals surface area (Å²) in [6, 6.07) is 17.8. The fourth-order valence-electron chi connectivity index (χ4n) is 4.59. The minimum Gasteiger partial charge on any atom is -0.454 e. The molecule has 9 nitrogen and oxygen atoms in total. The molecule has 2 heterocycles. The van der Waals surface area contributed by atoms with Crippen LogP contribution < -0.4 is 19.7 Å². The first-order valence-electron chi connectivity index (χ1n) is 11.7. The molecule has 0 unspecified atom stereocenters. The molecule has 1 atom stereocenters. The fourth-order valence-corrected chi connectivity index (χ4v) is 4.59. The van der Waals surface area contributed by atoms with Gasteiger partial charge < -0.3 is 19.7 Å². The van der Waals surface area contributed by atoms with Crippen molar-refractivity contribution in [3.05, 3.63) is 93.8 Å². The number of non-ortho nitro benzene ring substituents is 1. The molecule has 36 heavy (non-hydrogen) atoms. The van der Waals surface area contributed by atoms with Crippen molar-refractivity contribution in [3.63, 3.8) is 0 Å². The second-order valence-corrected chi connectivity index (χ2v) is 8.62. The molecule has 10 heteroatoms. The smallest absolute Gasteiger partial charge is 0.269 e. The normalized spacial score (nSPS) is 16.0. The van der Waals surface area contributed by atoms with Crippen LogP contribution in [0.15, 0.2) is 66.7 Å². The van der Waals surface area contributed by atoms with Gasteiger partial charge in [0.2, 0.25) is 6.79 Å². The average Bonchev–Trinajstić information content (AvgIpc) is 3.38. The second kappa shape index (κ2) is 10.2. The Balaban J connectivity index is 1.31. The lowest BCUT2D eigenvalue weighted by atomic mass is 10.0. The van der Waals surface area contributed by atoms with Crippen LogP contribution >= 0.6 is 0 Å². The Bertz CT molecular complexity index is 1260. The molecular formula is C26H25FN4O5. The molecule has 186 valence electrons. The van der Waals surface area contributed by atoms with E-state index < -0.39 is 4.92 Å². The number of hydrogen-bond donors (Lipinski definition) is 1. The Morgan fingerprint density at radius 3 is 2.44 bits per heavy atom. The lowest BCUT2D eigenvalue weighted by Gasteiger charge is -2.40. The van der Waals surface area contributed by atoms with Gasteiger partial charge in [-0.05, 0) is 42.0 Å². The molecule has 1 N–H and O–H groups in total. The van der Waals surface area contributed by atoms with E-state index in [0.717, 1.165) is 5.56 Å². The minimum absolute atomic E-state index is 0.0717. The van der Waals surface area contributed by atoms with Gasteiger partial charge in [-0.15, -0.1) is 0 Å². The van der Waals surface area contributed by atoms with E-state index in [4.69, 9.17) is 9.47 Å². The zero-order valence-corrected chi connectivity index (χ0v) is 19.4. The van der Waals surface area contributed by atoms with Gasteiger partial charge in [-0.1, -0.05) is 18.2 Å². The van der Waals surface area contributed by atoms with Gasteiger partial charge in [0.25, 0.3) is 11.6 Å². The molecule has 3 aromatic carbocycles. The summed E-state index contributed by atoms with van der Waals surface area (Å²) in [7, 11) is 0. The summed E-state index contributed by atoms with van der Waals surface area (Å²) in [5.74, 6) is 0.773. The predicted molar refractivity (Wildman–Crippen MR) is 131 cm³/mol. The highest BCUT2D eigenvalue weighted by Gasteiger charge is 2.28. The van der Waals surface area contributed by atoms with E-state index in [0.29, 0.717) is 55.5 Å². The number of nitro benzene ring substituents is 1. The standard InChI is InChI=1S/C26H25FN4O5/c27-21-3-1-2-4-22(21)29-11-13-30(14-12-29)23(19-7-10-24-25(15-19)36-17-35-24)16-28-26(32)18-5-8-20(9-6-18)31(33)34/h1-10,15,23H,11-14,16-17H2,(H,28,32)/t23-/m0/s1. The van der Waals surface area contributed by atoms with Crippen LogP contribution in [0, 0.1) is 15.9 Å². The summed E-state index contributed by atoms with van der Waals surface area (Å²) in [4.78, 5) is 27.5. The molecule has 0 aromatic heterocycles. The average molecular weight is 493 g/mol. The fraction of sp³-hybridized carbons (Fsp3) is 0.269. The maximum absolute atomic E-state index is 14.3. The molecule has 2 aliphatic rings. The van der Waals surface area contributed by atoms with E-state index >= 15 is 0 Å². The number of nitro groups is 1. The number of nitrogens with one attached hydrogen (secondary N) is 1. The number of para-hydroxylation sites is 1. The van der Waals surface area contributed by atoms with Crippen molar-refractivity contribution >= 4 is 17.3 Å². The van der Waals surface area contributed by atoms with Crippen molar-refractivity contribution < 1.29 is 23.6 Å². The van der Waals surface area contributed by atoms with Crippen LogP contribution in [0.2, 0.25) is 0 Å². The van der Waals surface area contributed by atoms with Crippen LogP contribution in [0.3, 0.4) is 0 Å². The Kier molecular flexibility index (Phi) is 6.68. The van der Waals surface area contributed by atoms with Crippen molar-refractivity contribution in [2.24, 2.45) is 0 Å². The van der Waals surface area contributed by atoms with Crippen molar-refractivity contribution in [1.29, 1.82) is 0 Å². The Morgan fingerprint density at radius 1 is 1.00 bits per heavy atom. The summed E-state index contributed by atoms with van der Waals surface area (Å²) < 4.78 is 25.3. The second-order valence-electron chi connectivity index (χ2n) is 8.62. The lowest BCUT2D eigenvalue weighted by molar-refractivity contribution is -0.384. The van der Waals surface area contributed by atoms with Crippen molar-refractivity contribution in [1.82, 2.24) is 10.2 Å². The highest BCUT2D eigenvalue weighted by Crippen LogP contribution is 2.36. The third kappa shape index (κ3) is 4.94. The molecule has 1 saturated heterocycles. The number of piperazine rings is 1. The van der Waals surface area contributed by atoms with Crippen LogP contribution in [0.1, 0.15) is 22.0 Å². The summed E-state index contributed by atoms with van der Waals surface area (Å²) in [6.07, 6.45) is 0. The van der Waals surface area contributed by atoms with E-state index in [1.165, 1.54) is 30.3 Å². The highest BCUT2D eigenvalue weighted by atomic mass is 19.1. The number of ether oxygens (including phenoxy) is 2.